The van der Waals surface area contributed by atoms with E-state index in [2.05, 4.69) is 14.9 Å². The molecule has 0 unspecified atom stereocenters. The van der Waals surface area contributed by atoms with E-state index in [-0.39, 0.29) is 18.2 Å². The molecule has 2 fully saturated rings. The van der Waals surface area contributed by atoms with Crippen molar-refractivity contribution >= 4 is 38.0 Å². The number of ketones is 1. The molecule has 30 heavy (non-hydrogen) atoms. The normalized spacial score (nSPS) is 19.2. The van der Waals surface area contributed by atoms with Gasteiger partial charge in [0.1, 0.15) is 5.75 Å². The summed E-state index contributed by atoms with van der Waals surface area (Å²) in [5.74, 6) is 0.693. The Bertz CT molecular complexity index is 1090. The molecule has 4 N–H and O–H groups in total. The van der Waals surface area contributed by atoms with Crippen molar-refractivity contribution in [2.75, 3.05) is 23.7 Å². The highest BCUT2D eigenvalue weighted by atomic mass is 32.1. The Morgan fingerprint density at radius 3 is 2.97 bits per heavy atom. The lowest BCUT2D eigenvalue weighted by molar-refractivity contribution is 0.0995. The summed E-state index contributed by atoms with van der Waals surface area (Å²) >= 11 is 1.38. The van der Waals surface area contributed by atoms with Gasteiger partial charge < -0.3 is 21.1 Å². The van der Waals surface area contributed by atoms with E-state index in [9.17, 15) is 4.79 Å². The maximum absolute atomic E-state index is 13.3. The number of nitrogens with two attached hydrogens (primary N) is 2. The summed E-state index contributed by atoms with van der Waals surface area (Å²) in [6.07, 6.45) is 10.0. The van der Waals surface area contributed by atoms with Crippen molar-refractivity contribution in [1.82, 2.24) is 9.97 Å². The van der Waals surface area contributed by atoms with Gasteiger partial charge in [-0.25, -0.2) is 0 Å². The van der Waals surface area contributed by atoms with Crippen LogP contribution in [0.25, 0.3) is 10.2 Å². The standard InChI is InChI=1S/C22H25N5O2S/c23-14-2-1-7-27(12-14)17-5-6-25-10-13(17)8-18(28)20-21-19(30-22(20)24)9-16(11-26-21)29-15-3-4-15/h5-6,9-11,14-15H,1-4,7-8,12,23-24H2/t14-/m0/s1. The molecule has 2 aliphatic rings. The molecule has 3 aromatic heterocycles. The van der Waals surface area contributed by atoms with Gasteiger partial charge in [-0.05, 0) is 31.7 Å². The number of ether oxygens (including phenoxy) is 1. The van der Waals surface area contributed by atoms with E-state index in [4.69, 9.17) is 16.2 Å². The average molecular weight is 424 g/mol. The molecule has 5 rings (SSSR count). The van der Waals surface area contributed by atoms with Crippen LogP contribution in [0.3, 0.4) is 0 Å². The number of Topliss-reactive ketones (excluding diaryl/α,β-unsaturated/α-hetero) is 1. The van der Waals surface area contributed by atoms with E-state index in [0.717, 1.165) is 60.5 Å². The molecule has 7 nitrogen and oxygen atoms in total. The predicted octanol–water partition coefficient (Wildman–Crippen LogP) is 3.17. The molecule has 1 aliphatic heterocycles. The monoisotopic (exact) mass is 423 g/mol. The molecule has 0 spiro atoms. The maximum Gasteiger partial charge on any atom is 0.172 e. The van der Waals surface area contributed by atoms with Crippen LogP contribution in [0.4, 0.5) is 10.7 Å². The molecule has 1 saturated heterocycles. The second kappa shape index (κ2) is 7.85. The van der Waals surface area contributed by atoms with Gasteiger partial charge in [0.15, 0.2) is 5.78 Å². The van der Waals surface area contributed by atoms with Crippen LogP contribution in [0.5, 0.6) is 5.75 Å². The lowest BCUT2D eigenvalue weighted by Crippen LogP contribution is -2.43. The summed E-state index contributed by atoms with van der Waals surface area (Å²) < 4.78 is 6.70. The Morgan fingerprint density at radius 1 is 1.30 bits per heavy atom. The van der Waals surface area contributed by atoms with E-state index in [1.807, 2.05) is 12.1 Å². The molecule has 8 heteroatoms. The van der Waals surface area contributed by atoms with Gasteiger partial charge >= 0.3 is 0 Å². The van der Waals surface area contributed by atoms with Crippen LogP contribution in [0.2, 0.25) is 0 Å². The number of aromatic nitrogens is 2. The van der Waals surface area contributed by atoms with E-state index < -0.39 is 0 Å². The van der Waals surface area contributed by atoms with Crippen LogP contribution in [0.15, 0.2) is 30.7 Å². The van der Waals surface area contributed by atoms with Crippen molar-refractivity contribution in [3.8, 4) is 5.75 Å². The fraction of sp³-hybridized carbons (Fsp3) is 0.409. The number of piperidine rings is 1. The highest BCUT2D eigenvalue weighted by Gasteiger charge is 2.26. The molecule has 0 aromatic carbocycles. The molecular weight excluding hydrogens is 398 g/mol. The fourth-order valence-corrected chi connectivity index (χ4v) is 5.02. The molecule has 0 radical (unpaired) electrons. The zero-order chi connectivity index (χ0) is 20.7. The Balaban J connectivity index is 1.42. The SMILES string of the molecule is Nc1sc2cc(OC3CC3)cnc2c1C(=O)Cc1cnccc1N1CCC[C@H](N)C1. The lowest BCUT2D eigenvalue weighted by Gasteiger charge is -2.33. The van der Waals surface area contributed by atoms with Gasteiger partial charge in [0.05, 0.1) is 33.1 Å². The third kappa shape index (κ3) is 3.85. The number of anilines is 2. The summed E-state index contributed by atoms with van der Waals surface area (Å²) in [5, 5.41) is 0.497. The molecular formula is C22H25N5O2S. The van der Waals surface area contributed by atoms with Crippen molar-refractivity contribution in [2.45, 2.75) is 44.2 Å². The molecule has 1 saturated carbocycles. The largest absolute Gasteiger partial charge is 0.489 e. The predicted molar refractivity (Wildman–Crippen MR) is 119 cm³/mol. The first-order chi connectivity index (χ1) is 14.6. The highest BCUT2D eigenvalue weighted by molar-refractivity contribution is 7.23. The van der Waals surface area contributed by atoms with Crippen LogP contribution >= 0.6 is 11.3 Å². The third-order valence-electron chi connectivity index (χ3n) is 5.66. The van der Waals surface area contributed by atoms with Gasteiger partial charge in [-0.1, -0.05) is 0 Å². The topological polar surface area (TPSA) is 107 Å². The number of carbonyl (C=O) groups is 1. The molecule has 156 valence electrons. The molecule has 0 amide bonds. The summed E-state index contributed by atoms with van der Waals surface area (Å²) in [5.41, 5.74) is 15.5. The summed E-state index contributed by atoms with van der Waals surface area (Å²) in [7, 11) is 0. The quantitative estimate of drug-likeness (QED) is 0.586. The maximum atomic E-state index is 13.3. The smallest absolute Gasteiger partial charge is 0.172 e. The van der Waals surface area contributed by atoms with E-state index in [0.29, 0.717) is 22.2 Å². The van der Waals surface area contributed by atoms with Crippen molar-refractivity contribution in [3.63, 3.8) is 0 Å². The zero-order valence-electron chi connectivity index (χ0n) is 16.7. The van der Waals surface area contributed by atoms with Gasteiger partial charge in [-0.2, -0.15) is 0 Å². The van der Waals surface area contributed by atoms with Crippen molar-refractivity contribution in [2.24, 2.45) is 5.73 Å². The number of nitrogen functional groups attached to an aromatic ring is 1. The van der Waals surface area contributed by atoms with Crippen molar-refractivity contribution < 1.29 is 9.53 Å². The summed E-state index contributed by atoms with van der Waals surface area (Å²) in [6, 6.07) is 4.06. The minimum absolute atomic E-state index is 0.0438. The number of nitrogens with zero attached hydrogens (tertiary/aromatic N) is 3. The zero-order valence-corrected chi connectivity index (χ0v) is 17.5. The van der Waals surface area contributed by atoms with E-state index in [1.54, 1.807) is 18.6 Å². The fourth-order valence-electron chi connectivity index (χ4n) is 4.05. The van der Waals surface area contributed by atoms with Crippen LogP contribution in [0, 0.1) is 0 Å². The minimum atomic E-state index is -0.0438. The minimum Gasteiger partial charge on any atom is -0.489 e. The number of thiophene rings is 1. The summed E-state index contributed by atoms with van der Waals surface area (Å²) in [6.45, 7) is 1.73. The number of hydrogen-bond donors (Lipinski definition) is 2. The summed E-state index contributed by atoms with van der Waals surface area (Å²) in [4.78, 5) is 24.3. The highest BCUT2D eigenvalue weighted by Crippen LogP contribution is 2.37. The van der Waals surface area contributed by atoms with Gasteiger partial charge in [0.25, 0.3) is 0 Å². The molecule has 4 heterocycles. The first kappa shape index (κ1) is 19.3. The second-order valence-corrected chi connectivity index (χ2v) is 9.21. The van der Waals surface area contributed by atoms with Crippen LogP contribution in [0.1, 0.15) is 41.6 Å². The van der Waals surface area contributed by atoms with Gasteiger partial charge in [0.2, 0.25) is 0 Å². The Morgan fingerprint density at radius 2 is 2.17 bits per heavy atom. The van der Waals surface area contributed by atoms with Crippen LogP contribution < -0.4 is 21.1 Å². The molecule has 1 atom stereocenters. The van der Waals surface area contributed by atoms with E-state index >= 15 is 0 Å². The number of fused-ring (bicyclic) bond motifs is 1. The average Bonchev–Trinajstić information content (AvgIpc) is 3.47. The molecule has 0 bridgehead atoms. The van der Waals surface area contributed by atoms with Crippen molar-refractivity contribution in [1.29, 1.82) is 0 Å². The number of carbonyl (C=O) groups excluding carboxylic acids is 1. The number of rotatable bonds is 6. The third-order valence-corrected chi connectivity index (χ3v) is 6.62. The van der Waals surface area contributed by atoms with Crippen LogP contribution in [-0.2, 0) is 6.42 Å². The Labute approximate surface area is 179 Å². The molecule has 3 aromatic rings. The van der Waals surface area contributed by atoms with Crippen molar-refractivity contribution in [3.05, 3.63) is 41.9 Å². The first-order valence-corrected chi connectivity index (χ1v) is 11.2. The van der Waals surface area contributed by atoms with Crippen LogP contribution in [-0.4, -0.2) is 41.0 Å². The van der Waals surface area contributed by atoms with Gasteiger partial charge in [0, 0.05) is 55.3 Å². The van der Waals surface area contributed by atoms with E-state index in [1.165, 1.54) is 11.3 Å². The first-order valence-electron chi connectivity index (χ1n) is 10.4. The second-order valence-electron chi connectivity index (χ2n) is 8.13. The molecule has 1 aliphatic carbocycles. The van der Waals surface area contributed by atoms with Gasteiger partial charge in [-0.15, -0.1) is 11.3 Å². The number of hydrogen-bond acceptors (Lipinski definition) is 8. The lowest BCUT2D eigenvalue weighted by atomic mass is 10.0. The number of pyridine rings is 2. The Kier molecular flexibility index (Phi) is 5.04. The Hall–Kier alpha value is -2.71. The van der Waals surface area contributed by atoms with Gasteiger partial charge in [-0.3, -0.25) is 14.8 Å².